The van der Waals surface area contributed by atoms with Crippen molar-refractivity contribution >= 4 is 59.8 Å². The summed E-state index contributed by atoms with van der Waals surface area (Å²) in [6.45, 7) is 2.29. The molecule has 0 amide bonds. The Balaban J connectivity index is 1.79. The van der Waals surface area contributed by atoms with Crippen LogP contribution in [-0.2, 0) is 7.05 Å². The highest BCUT2D eigenvalue weighted by molar-refractivity contribution is 6.29. The smallest absolute Gasteiger partial charge is 0.224 e. The first-order chi connectivity index (χ1) is 17.2. The molecule has 0 spiro atoms. The summed E-state index contributed by atoms with van der Waals surface area (Å²) in [6.07, 6.45) is 2.20. The number of nitrogens with zero attached hydrogens (tertiary/aromatic N) is 2. The monoisotopic (exact) mass is 447 g/mol. The van der Waals surface area contributed by atoms with Crippen molar-refractivity contribution in [3.63, 3.8) is 0 Å². The number of hydrogen-bond donors (Lipinski definition) is 0. The molecule has 2 heteroatoms. The van der Waals surface area contributed by atoms with E-state index in [1.807, 2.05) is 0 Å². The summed E-state index contributed by atoms with van der Waals surface area (Å²) in [5, 5.41) is 9.18. The lowest BCUT2D eigenvalue weighted by Crippen LogP contribution is -2.28. The maximum atomic E-state index is 2.55. The molecule has 3 aromatic heterocycles. The van der Waals surface area contributed by atoms with Crippen molar-refractivity contribution in [3.05, 3.63) is 109 Å². The molecule has 2 nitrogen and oxygen atoms in total. The Morgan fingerprint density at radius 1 is 0.629 bits per heavy atom. The van der Waals surface area contributed by atoms with Crippen molar-refractivity contribution in [2.45, 2.75) is 6.92 Å². The molecule has 0 radical (unpaired) electrons. The minimum Gasteiger partial charge on any atom is -0.307 e. The summed E-state index contributed by atoms with van der Waals surface area (Å²) in [5.74, 6) is 0. The van der Waals surface area contributed by atoms with Gasteiger partial charge < -0.3 is 4.40 Å². The molecule has 0 aliphatic heterocycles. The van der Waals surface area contributed by atoms with Crippen LogP contribution >= 0.6 is 0 Å². The highest BCUT2D eigenvalue weighted by atomic mass is 15.0. The molecule has 0 unspecified atom stereocenters. The Morgan fingerprint density at radius 2 is 1.40 bits per heavy atom. The SMILES string of the molecule is Cc1c2ccccc2cc2c1c1c3c(ccc4c5cccc(-c6ccccc6)c5n2c43)cc[n+]1C. The van der Waals surface area contributed by atoms with Crippen LogP contribution < -0.4 is 4.57 Å². The van der Waals surface area contributed by atoms with E-state index in [2.05, 4.69) is 126 Å². The summed E-state index contributed by atoms with van der Waals surface area (Å²) < 4.78 is 4.86. The minimum atomic E-state index is 1.25. The van der Waals surface area contributed by atoms with Gasteiger partial charge in [0.05, 0.1) is 27.3 Å². The third-order valence-electron chi connectivity index (χ3n) is 7.90. The second kappa shape index (κ2) is 6.58. The quantitative estimate of drug-likeness (QED) is 0.137. The number of fused-ring (bicyclic) bond motifs is 7. The fourth-order valence-electron chi connectivity index (χ4n) is 6.38. The van der Waals surface area contributed by atoms with Crippen LogP contribution in [0.25, 0.3) is 70.9 Å². The van der Waals surface area contributed by atoms with Crippen LogP contribution in [0.1, 0.15) is 5.56 Å². The Kier molecular flexibility index (Phi) is 3.56. The minimum absolute atomic E-state index is 1.25. The average Bonchev–Trinajstić information content (AvgIpc) is 3.25. The molecular formula is C33H23N2+. The van der Waals surface area contributed by atoms with Crippen molar-refractivity contribution in [2.24, 2.45) is 7.05 Å². The number of para-hydroxylation sites is 1. The number of aryl methyl sites for hydroxylation is 2. The molecule has 8 aromatic rings. The summed E-state index contributed by atoms with van der Waals surface area (Å²) in [4.78, 5) is 0. The van der Waals surface area contributed by atoms with Gasteiger partial charge in [-0.1, -0.05) is 84.9 Å². The van der Waals surface area contributed by atoms with E-state index in [4.69, 9.17) is 0 Å². The number of aromatic nitrogens is 2. The van der Waals surface area contributed by atoms with Gasteiger partial charge in [0, 0.05) is 22.4 Å². The fourth-order valence-corrected chi connectivity index (χ4v) is 6.38. The normalized spacial score (nSPS) is 12.3. The lowest BCUT2D eigenvalue weighted by molar-refractivity contribution is -0.643. The lowest BCUT2D eigenvalue weighted by Gasteiger charge is -2.15. The molecule has 0 saturated carbocycles. The second-order valence-electron chi connectivity index (χ2n) is 9.72. The third-order valence-corrected chi connectivity index (χ3v) is 7.90. The zero-order valence-electron chi connectivity index (χ0n) is 19.7. The van der Waals surface area contributed by atoms with Gasteiger partial charge >= 0.3 is 0 Å². The van der Waals surface area contributed by atoms with Crippen molar-refractivity contribution in [1.29, 1.82) is 0 Å². The lowest BCUT2D eigenvalue weighted by atomic mass is 9.96. The van der Waals surface area contributed by atoms with E-state index in [-0.39, 0.29) is 0 Å². The van der Waals surface area contributed by atoms with E-state index >= 15 is 0 Å². The standard InChI is InChI=1S/C33H23N2/c1-20-24-12-7-6-11-23(24)19-28-29(20)33-30-22(17-18-34(33)2)15-16-27-26-14-8-13-25(21-9-4-3-5-10-21)31(26)35(28)32(27)30/h3-19H,1-2H3/q+1. The van der Waals surface area contributed by atoms with Gasteiger partial charge in [0.25, 0.3) is 0 Å². The van der Waals surface area contributed by atoms with E-state index in [0.29, 0.717) is 0 Å². The molecule has 8 rings (SSSR count). The van der Waals surface area contributed by atoms with Gasteiger partial charge in [-0.15, -0.1) is 0 Å². The predicted molar refractivity (Wildman–Crippen MR) is 147 cm³/mol. The van der Waals surface area contributed by atoms with E-state index in [1.165, 1.54) is 76.5 Å². The van der Waals surface area contributed by atoms with Gasteiger partial charge in [0.2, 0.25) is 5.52 Å². The number of rotatable bonds is 1. The van der Waals surface area contributed by atoms with Crippen LogP contribution in [0.3, 0.4) is 0 Å². The Hall–Kier alpha value is -4.43. The zero-order chi connectivity index (χ0) is 23.3. The molecule has 0 bridgehead atoms. The molecule has 0 saturated heterocycles. The second-order valence-corrected chi connectivity index (χ2v) is 9.72. The number of pyridine rings is 2. The van der Waals surface area contributed by atoms with Crippen molar-refractivity contribution in [1.82, 2.24) is 4.40 Å². The number of benzene rings is 5. The third kappa shape index (κ3) is 2.31. The predicted octanol–water partition coefficient (Wildman–Crippen LogP) is 7.94. The maximum Gasteiger partial charge on any atom is 0.224 e. The van der Waals surface area contributed by atoms with Gasteiger partial charge in [0.15, 0.2) is 6.20 Å². The molecule has 5 aromatic carbocycles. The van der Waals surface area contributed by atoms with Crippen LogP contribution in [0.5, 0.6) is 0 Å². The van der Waals surface area contributed by atoms with Crippen molar-refractivity contribution in [3.8, 4) is 11.1 Å². The first-order valence-corrected chi connectivity index (χ1v) is 12.2. The number of hydrogen-bond acceptors (Lipinski definition) is 0. The van der Waals surface area contributed by atoms with Crippen LogP contribution in [-0.4, -0.2) is 4.40 Å². The van der Waals surface area contributed by atoms with Crippen LogP contribution in [0.15, 0.2) is 103 Å². The molecule has 0 aliphatic rings. The van der Waals surface area contributed by atoms with E-state index in [9.17, 15) is 0 Å². The Morgan fingerprint density at radius 3 is 2.29 bits per heavy atom. The molecule has 0 fully saturated rings. The molecule has 0 N–H and O–H groups in total. The molecule has 0 aliphatic carbocycles. The summed E-state index contributed by atoms with van der Waals surface area (Å²) in [7, 11) is 2.18. The van der Waals surface area contributed by atoms with E-state index in [0.717, 1.165) is 0 Å². The average molecular weight is 448 g/mol. The Labute approximate surface area is 202 Å². The summed E-state index contributed by atoms with van der Waals surface area (Å²) in [6, 6.07) is 35.6. The largest absolute Gasteiger partial charge is 0.307 e. The molecule has 0 atom stereocenters. The molecule has 3 heterocycles. The highest BCUT2D eigenvalue weighted by Crippen LogP contribution is 2.44. The van der Waals surface area contributed by atoms with Gasteiger partial charge in [-0.2, -0.15) is 0 Å². The fraction of sp³-hybridized carbons (Fsp3) is 0.0606. The zero-order valence-corrected chi connectivity index (χ0v) is 19.7. The molecular weight excluding hydrogens is 424 g/mol. The molecule has 35 heavy (non-hydrogen) atoms. The van der Waals surface area contributed by atoms with Gasteiger partial charge in [-0.05, 0) is 40.3 Å². The van der Waals surface area contributed by atoms with Crippen molar-refractivity contribution < 1.29 is 4.57 Å². The van der Waals surface area contributed by atoms with Crippen LogP contribution in [0, 0.1) is 6.92 Å². The summed E-state index contributed by atoms with van der Waals surface area (Å²) >= 11 is 0. The highest BCUT2D eigenvalue weighted by Gasteiger charge is 2.25. The molecule has 164 valence electrons. The van der Waals surface area contributed by atoms with E-state index < -0.39 is 0 Å². The van der Waals surface area contributed by atoms with Crippen molar-refractivity contribution in [2.75, 3.05) is 0 Å². The van der Waals surface area contributed by atoms with E-state index in [1.54, 1.807) is 0 Å². The summed E-state index contributed by atoms with van der Waals surface area (Å²) in [5.41, 5.74) is 9.03. The van der Waals surface area contributed by atoms with Gasteiger partial charge in [-0.3, -0.25) is 0 Å². The Bertz CT molecular complexity index is 2110. The van der Waals surface area contributed by atoms with Gasteiger partial charge in [0.1, 0.15) is 7.05 Å². The first kappa shape index (κ1) is 18.9. The van der Waals surface area contributed by atoms with Gasteiger partial charge in [-0.25, -0.2) is 4.57 Å². The topological polar surface area (TPSA) is 8.29 Å². The maximum absolute atomic E-state index is 2.55. The first-order valence-electron chi connectivity index (χ1n) is 12.2. The van der Waals surface area contributed by atoms with Crippen LogP contribution in [0.4, 0.5) is 0 Å². The van der Waals surface area contributed by atoms with Crippen LogP contribution in [0.2, 0.25) is 0 Å².